The number of amides is 2. The first-order valence-corrected chi connectivity index (χ1v) is 8.83. The molecule has 3 aromatic rings. The number of fused-ring (bicyclic) bond motifs is 1. The summed E-state index contributed by atoms with van der Waals surface area (Å²) in [5.41, 5.74) is 1.55. The number of anilines is 1. The molecule has 0 saturated heterocycles. The normalized spacial score (nSPS) is 13.2. The Hall–Kier alpha value is -2.96. The fourth-order valence-corrected chi connectivity index (χ4v) is 4.13. The molecule has 0 bridgehead atoms. The summed E-state index contributed by atoms with van der Waals surface area (Å²) >= 11 is 6.94. The van der Waals surface area contributed by atoms with Crippen LogP contribution in [0.4, 0.5) is 5.00 Å². The van der Waals surface area contributed by atoms with Gasteiger partial charge in [0.2, 0.25) is 0 Å². The lowest BCUT2D eigenvalue weighted by atomic mass is 10.0. The summed E-state index contributed by atoms with van der Waals surface area (Å²) in [5, 5.41) is 12.0. The number of halogens is 1. The molecule has 0 saturated carbocycles. The number of hydrogen-bond acceptors (Lipinski definition) is 4. The molecule has 1 aromatic heterocycles. The van der Waals surface area contributed by atoms with Crippen LogP contribution in [-0.2, 0) is 0 Å². The predicted molar refractivity (Wildman–Crippen MR) is 99.3 cm³/mol. The van der Waals surface area contributed by atoms with Crippen LogP contribution < -0.4 is 4.90 Å². The first kappa shape index (κ1) is 16.5. The molecule has 0 radical (unpaired) electrons. The summed E-state index contributed by atoms with van der Waals surface area (Å²) in [6.45, 7) is 0. The van der Waals surface area contributed by atoms with Crippen LogP contribution in [0.1, 0.15) is 31.1 Å². The maximum atomic E-state index is 12.7. The lowest BCUT2D eigenvalue weighted by Gasteiger charge is -2.13. The lowest BCUT2D eigenvalue weighted by molar-refractivity contribution is 0.0699. The van der Waals surface area contributed by atoms with Gasteiger partial charge in [0.05, 0.1) is 11.1 Å². The second-order valence-corrected chi connectivity index (χ2v) is 6.93. The number of carboxylic acid groups (broad SMARTS) is 1. The molecule has 2 heterocycles. The molecule has 128 valence electrons. The summed E-state index contributed by atoms with van der Waals surface area (Å²) in [6.07, 6.45) is 0. The molecule has 0 aliphatic carbocycles. The van der Waals surface area contributed by atoms with E-state index in [-0.39, 0.29) is 21.7 Å². The standard InChI is InChI=1S/C19H10ClNO4S/c20-11-7-5-10(6-8-11)14-9-26-18(15(14)19(24)25)21-16(22)12-3-1-2-4-13(12)17(21)23/h1-9H,(H,24,25). The van der Waals surface area contributed by atoms with Gasteiger partial charge in [-0.15, -0.1) is 11.3 Å². The second-order valence-electron chi connectivity index (χ2n) is 5.63. The Morgan fingerprint density at radius 1 is 0.923 bits per heavy atom. The number of nitrogens with zero attached hydrogens (tertiary/aromatic N) is 1. The van der Waals surface area contributed by atoms with E-state index in [0.717, 1.165) is 16.2 Å². The van der Waals surface area contributed by atoms with Gasteiger partial charge < -0.3 is 5.11 Å². The Bertz CT molecular complexity index is 1040. The maximum absolute atomic E-state index is 12.7. The van der Waals surface area contributed by atoms with Gasteiger partial charge in [-0.25, -0.2) is 9.69 Å². The van der Waals surface area contributed by atoms with Gasteiger partial charge in [0.1, 0.15) is 10.6 Å². The highest BCUT2D eigenvalue weighted by atomic mass is 35.5. The quantitative estimate of drug-likeness (QED) is 0.672. The Morgan fingerprint density at radius 3 is 2.04 bits per heavy atom. The van der Waals surface area contributed by atoms with Crippen molar-refractivity contribution in [3.63, 3.8) is 0 Å². The molecule has 0 unspecified atom stereocenters. The summed E-state index contributed by atoms with van der Waals surface area (Å²) in [5.74, 6) is -2.24. The molecule has 4 rings (SSSR count). The molecule has 7 heteroatoms. The number of carboxylic acids is 1. The van der Waals surface area contributed by atoms with E-state index in [1.165, 1.54) is 0 Å². The molecule has 26 heavy (non-hydrogen) atoms. The number of hydrogen-bond donors (Lipinski definition) is 1. The fraction of sp³-hybridized carbons (Fsp3) is 0. The molecule has 0 fully saturated rings. The highest BCUT2D eigenvalue weighted by molar-refractivity contribution is 7.15. The van der Waals surface area contributed by atoms with Gasteiger partial charge in [-0.3, -0.25) is 9.59 Å². The molecule has 1 aliphatic heterocycles. The molecule has 2 aromatic carbocycles. The predicted octanol–water partition coefficient (Wildman–Crippen LogP) is 4.57. The van der Waals surface area contributed by atoms with Crippen molar-refractivity contribution in [1.29, 1.82) is 0 Å². The fourth-order valence-electron chi connectivity index (χ4n) is 2.93. The summed E-state index contributed by atoms with van der Waals surface area (Å²) in [6, 6.07) is 13.2. The molecule has 1 N–H and O–H groups in total. The molecule has 0 atom stereocenters. The Kier molecular flexibility index (Phi) is 3.86. The van der Waals surface area contributed by atoms with Crippen molar-refractivity contribution in [2.24, 2.45) is 0 Å². The zero-order chi connectivity index (χ0) is 18.4. The van der Waals surface area contributed by atoms with Crippen molar-refractivity contribution in [2.75, 3.05) is 4.90 Å². The molecule has 2 amide bonds. The van der Waals surface area contributed by atoms with E-state index < -0.39 is 17.8 Å². The zero-order valence-corrected chi connectivity index (χ0v) is 14.7. The van der Waals surface area contributed by atoms with E-state index in [2.05, 4.69) is 0 Å². The first-order valence-electron chi connectivity index (χ1n) is 7.57. The largest absolute Gasteiger partial charge is 0.478 e. The van der Waals surface area contributed by atoms with Gasteiger partial charge in [-0.1, -0.05) is 35.9 Å². The van der Waals surface area contributed by atoms with Crippen LogP contribution in [0.2, 0.25) is 5.02 Å². The third-order valence-electron chi connectivity index (χ3n) is 4.14. The Morgan fingerprint density at radius 2 is 1.50 bits per heavy atom. The average Bonchev–Trinajstić information content (AvgIpc) is 3.16. The highest BCUT2D eigenvalue weighted by Gasteiger charge is 2.39. The van der Waals surface area contributed by atoms with Crippen LogP contribution in [0.5, 0.6) is 0 Å². The summed E-state index contributed by atoms with van der Waals surface area (Å²) in [7, 11) is 0. The van der Waals surface area contributed by atoms with Crippen molar-refractivity contribution < 1.29 is 19.5 Å². The van der Waals surface area contributed by atoms with Crippen LogP contribution in [0.15, 0.2) is 53.9 Å². The molecule has 1 aliphatic rings. The third kappa shape index (κ3) is 2.42. The number of thiophene rings is 1. The number of carbonyl (C=O) groups excluding carboxylic acids is 2. The van der Waals surface area contributed by atoms with Gasteiger partial charge >= 0.3 is 5.97 Å². The van der Waals surface area contributed by atoms with Gasteiger partial charge in [0.25, 0.3) is 11.8 Å². The van der Waals surface area contributed by atoms with Crippen molar-refractivity contribution >= 4 is 45.7 Å². The highest BCUT2D eigenvalue weighted by Crippen LogP contribution is 2.41. The molecule has 0 spiro atoms. The number of aromatic carboxylic acids is 1. The zero-order valence-electron chi connectivity index (χ0n) is 13.1. The number of rotatable bonds is 3. The van der Waals surface area contributed by atoms with Gasteiger partial charge in [-0.2, -0.15) is 0 Å². The van der Waals surface area contributed by atoms with Crippen LogP contribution >= 0.6 is 22.9 Å². The van der Waals surface area contributed by atoms with Crippen molar-refractivity contribution in [1.82, 2.24) is 0 Å². The van der Waals surface area contributed by atoms with Gasteiger partial charge in [0.15, 0.2) is 0 Å². The van der Waals surface area contributed by atoms with Crippen LogP contribution in [0.25, 0.3) is 11.1 Å². The lowest BCUT2D eigenvalue weighted by Crippen LogP contribution is -2.30. The Labute approximate surface area is 157 Å². The van der Waals surface area contributed by atoms with Crippen molar-refractivity contribution in [2.45, 2.75) is 0 Å². The molecular weight excluding hydrogens is 374 g/mol. The van der Waals surface area contributed by atoms with Crippen molar-refractivity contribution in [3.05, 3.63) is 75.6 Å². The minimum atomic E-state index is -1.21. The first-order chi connectivity index (χ1) is 12.5. The SMILES string of the molecule is O=C(O)c1c(-c2ccc(Cl)cc2)csc1N1C(=O)c2ccccc2C1=O. The smallest absolute Gasteiger partial charge is 0.339 e. The minimum Gasteiger partial charge on any atom is -0.478 e. The van der Waals surface area contributed by atoms with E-state index in [1.807, 2.05) is 0 Å². The number of carbonyl (C=O) groups is 3. The molecule has 5 nitrogen and oxygen atoms in total. The number of benzene rings is 2. The van der Waals surface area contributed by atoms with Crippen LogP contribution in [-0.4, -0.2) is 22.9 Å². The minimum absolute atomic E-state index is 0.0770. The monoisotopic (exact) mass is 383 g/mol. The van der Waals surface area contributed by atoms with Crippen LogP contribution in [0.3, 0.4) is 0 Å². The van der Waals surface area contributed by atoms with E-state index in [0.29, 0.717) is 16.1 Å². The van der Waals surface area contributed by atoms with E-state index in [9.17, 15) is 19.5 Å². The van der Waals surface area contributed by atoms with Crippen LogP contribution in [0, 0.1) is 0 Å². The second kappa shape index (κ2) is 6.09. The van der Waals surface area contributed by atoms with Gasteiger partial charge in [0, 0.05) is 16.0 Å². The topological polar surface area (TPSA) is 74.7 Å². The van der Waals surface area contributed by atoms with Gasteiger partial charge in [-0.05, 0) is 29.8 Å². The Balaban J connectivity index is 1.86. The van der Waals surface area contributed by atoms with E-state index in [4.69, 9.17) is 11.6 Å². The summed E-state index contributed by atoms with van der Waals surface area (Å²) in [4.78, 5) is 38.2. The summed E-state index contributed by atoms with van der Waals surface area (Å²) < 4.78 is 0. The maximum Gasteiger partial charge on any atom is 0.339 e. The van der Waals surface area contributed by atoms with E-state index >= 15 is 0 Å². The third-order valence-corrected chi connectivity index (χ3v) is 5.35. The van der Waals surface area contributed by atoms with Crippen molar-refractivity contribution in [3.8, 4) is 11.1 Å². The number of imide groups is 1. The van der Waals surface area contributed by atoms with E-state index in [1.54, 1.807) is 53.9 Å². The average molecular weight is 384 g/mol. The molecular formula is C19H10ClNO4S.